The molecule has 40 heavy (non-hydrogen) atoms. The number of hydrogen-bond acceptors (Lipinski definition) is 4. The first-order valence-electron chi connectivity index (χ1n) is 13.6. The number of para-hydroxylation sites is 1. The van der Waals surface area contributed by atoms with Gasteiger partial charge in [0.05, 0.1) is 5.70 Å². The minimum Gasteiger partial charge on any atom is -0.507 e. The zero-order chi connectivity index (χ0) is 28.2. The molecule has 1 saturated heterocycles. The smallest absolute Gasteiger partial charge is 0.269 e. The van der Waals surface area contributed by atoms with Crippen LogP contribution in [0.1, 0.15) is 48.4 Å². The third-order valence-corrected chi connectivity index (χ3v) is 8.55. The molecule has 2 heterocycles. The highest BCUT2D eigenvalue weighted by Crippen LogP contribution is 2.41. The average molecular weight is 597 g/mol. The highest BCUT2D eigenvalue weighted by molar-refractivity contribution is 9.10. The number of allylic oxidation sites excluding steroid dienone is 5. The van der Waals surface area contributed by atoms with Crippen LogP contribution in [0.15, 0.2) is 101 Å². The van der Waals surface area contributed by atoms with E-state index >= 15 is 0 Å². The molecule has 3 aromatic rings. The molecular formula is C34H34BrN3O2. The van der Waals surface area contributed by atoms with E-state index in [2.05, 4.69) is 40.5 Å². The standard InChI is InChI=1S/C34H34BrN3O2/c1-22(16-25-12-14-38(15-13-25)34(40)32(36)18-24-8-4-3-5-9-24)28-19-27(26-10-6-7-11-33(26)39)23(2)17-29-30(28)20-37-21-31(29)35/h3-11,18-21,25,39H,1,12-17,36H2,2H3/b32-18-. The molecule has 5 nitrogen and oxygen atoms in total. The molecule has 0 bridgehead atoms. The zero-order valence-corrected chi connectivity index (χ0v) is 24.3. The summed E-state index contributed by atoms with van der Waals surface area (Å²) in [6.07, 6.45) is 11.0. The summed E-state index contributed by atoms with van der Waals surface area (Å²) in [6.45, 7) is 8.00. The van der Waals surface area contributed by atoms with Crippen molar-refractivity contribution in [3.63, 3.8) is 0 Å². The van der Waals surface area contributed by atoms with Crippen molar-refractivity contribution in [2.75, 3.05) is 13.1 Å². The van der Waals surface area contributed by atoms with Crippen LogP contribution in [-0.4, -0.2) is 34.0 Å². The first kappa shape index (κ1) is 27.7. The lowest BCUT2D eigenvalue weighted by atomic mass is 9.85. The van der Waals surface area contributed by atoms with Gasteiger partial charge in [-0.3, -0.25) is 9.78 Å². The Morgan fingerprint density at radius 1 is 1.10 bits per heavy atom. The molecule has 0 saturated carbocycles. The first-order valence-corrected chi connectivity index (χ1v) is 14.4. The van der Waals surface area contributed by atoms with Crippen LogP contribution in [-0.2, 0) is 11.2 Å². The average Bonchev–Trinajstić information content (AvgIpc) is 3.11. The maximum Gasteiger partial charge on any atom is 0.269 e. The first-order chi connectivity index (χ1) is 19.3. The monoisotopic (exact) mass is 595 g/mol. The molecule has 5 rings (SSSR count). The summed E-state index contributed by atoms with van der Waals surface area (Å²) in [7, 11) is 0. The quantitative estimate of drug-likeness (QED) is 0.297. The van der Waals surface area contributed by atoms with E-state index in [1.165, 1.54) is 11.1 Å². The fourth-order valence-electron chi connectivity index (χ4n) is 5.65. The summed E-state index contributed by atoms with van der Waals surface area (Å²) < 4.78 is 0.967. The van der Waals surface area contributed by atoms with E-state index in [1.807, 2.05) is 65.8 Å². The number of aromatic hydroxyl groups is 1. The molecule has 1 fully saturated rings. The molecule has 2 aromatic carbocycles. The maximum atomic E-state index is 13.0. The highest BCUT2D eigenvalue weighted by Gasteiger charge is 2.27. The van der Waals surface area contributed by atoms with Crippen molar-refractivity contribution >= 4 is 39.1 Å². The number of pyridine rings is 1. The molecule has 0 atom stereocenters. The summed E-state index contributed by atoms with van der Waals surface area (Å²) in [5.41, 5.74) is 14.7. The second kappa shape index (κ2) is 12.1. The number of aromatic nitrogens is 1. The second-order valence-electron chi connectivity index (χ2n) is 10.6. The van der Waals surface area contributed by atoms with E-state index in [-0.39, 0.29) is 17.4 Å². The Morgan fingerprint density at radius 3 is 2.52 bits per heavy atom. The maximum absolute atomic E-state index is 13.0. The minimum atomic E-state index is -0.106. The number of nitrogens with two attached hydrogens (primary N) is 1. The number of piperidine rings is 1. The SMILES string of the molecule is C=C(CC1CCN(C(=O)/C(N)=C/c2ccccc2)CC1)C1=CC(c2ccccc2O)=C(C)Cc2c(Br)cncc21. The van der Waals surface area contributed by atoms with Gasteiger partial charge in [-0.15, -0.1) is 0 Å². The zero-order valence-electron chi connectivity index (χ0n) is 22.7. The third kappa shape index (κ3) is 5.97. The Balaban J connectivity index is 1.34. The number of rotatable bonds is 6. The van der Waals surface area contributed by atoms with Crippen LogP contribution in [0, 0.1) is 5.92 Å². The van der Waals surface area contributed by atoms with Gasteiger partial charge in [0, 0.05) is 41.1 Å². The van der Waals surface area contributed by atoms with Crippen LogP contribution >= 0.6 is 15.9 Å². The van der Waals surface area contributed by atoms with Crippen molar-refractivity contribution in [2.24, 2.45) is 11.7 Å². The molecular weight excluding hydrogens is 562 g/mol. The van der Waals surface area contributed by atoms with Crippen LogP contribution in [0.25, 0.3) is 17.2 Å². The van der Waals surface area contributed by atoms with Crippen molar-refractivity contribution in [3.05, 3.63) is 123 Å². The van der Waals surface area contributed by atoms with E-state index in [4.69, 9.17) is 5.73 Å². The number of likely N-dealkylation sites (tertiary alicyclic amines) is 1. The van der Waals surface area contributed by atoms with Gasteiger partial charge < -0.3 is 15.7 Å². The lowest BCUT2D eigenvalue weighted by Crippen LogP contribution is -2.40. The Bertz CT molecular complexity index is 1530. The minimum absolute atomic E-state index is 0.106. The number of carbonyl (C=O) groups is 1. The molecule has 0 radical (unpaired) electrons. The molecule has 1 amide bonds. The van der Waals surface area contributed by atoms with Crippen LogP contribution in [0.4, 0.5) is 0 Å². The predicted octanol–water partition coefficient (Wildman–Crippen LogP) is 7.15. The molecule has 3 N–H and O–H groups in total. The van der Waals surface area contributed by atoms with Gasteiger partial charge in [-0.25, -0.2) is 0 Å². The number of fused-ring (bicyclic) bond motifs is 1. The Morgan fingerprint density at radius 2 is 1.80 bits per heavy atom. The normalized spacial score (nSPS) is 16.3. The number of phenols is 1. The molecule has 6 heteroatoms. The highest BCUT2D eigenvalue weighted by atomic mass is 79.9. The van der Waals surface area contributed by atoms with E-state index in [0.717, 1.165) is 63.6 Å². The summed E-state index contributed by atoms with van der Waals surface area (Å²) in [4.78, 5) is 19.3. The number of hydrogen-bond donors (Lipinski definition) is 2. The lowest BCUT2D eigenvalue weighted by Gasteiger charge is -2.32. The van der Waals surface area contributed by atoms with Gasteiger partial charge in [0.25, 0.3) is 5.91 Å². The number of halogens is 1. The van der Waals surface area contributed by atoms with Crippen LogP contribution in [0.2, 0.25) is 0 Å². The number of phenolic OH excluding ortho intramolecular Hbond substituents is 1. The second-order valence-corrected chi connectivity index (χ2v) is 11.5. The molecule has 1 aromatic heterocycles. The van der Waals surface area contributed by atoms with Gasteiger partial charge in [-0.05, 0) is 101 Å². The fourth-order valence-corrected chi connectivity index (χ4v) is 6.12. The third-order valence-electron chi connectivity index (χ3n) is 7.87. The van der Waals surface area contributed by atoms with E-state index < -0.39 is 0 Å². The topological polar surface area (TPSA) is 79.5 Å². The van der Waals surface area contributed by atoms with Crippen molar-refractivity contribution in [1.82, 2.24) is 9.88 Å². The van der Waals surface area contributed by atoms with Crippen molar-refractivity contribution in [2.45, 2.75) is 32.6 Å². The molecule has 2 aliphatic rings. The van der Waals surface area contributed by atoms with Gasteiger partial charge in [-0.1, -0.05) is 60.7 Å². The van der Waals surface area contributed by atoms with Gasteiger partial charge in [-0.2, -0.15) is 0 Å². The summed E-state index contributed by atoms with van der Waals surface area (Å²) >= 11 is 3.72. The van der Waals surface area contributed by atoms with E-state index in [1.54, 1.807) is 12.1 Å². The van der Waals surface area contributed by atoms with Crippen molar-refractivity contribution in [1.29, 1.82) is 0 Å². The molecule has 0 unspecified atom stereocenters. The van der Waals surface area contributed by atoms with Gasteiger partial charge in [0.1, 0.15) is 5.75 Å². The summed E-state index contributed by atoms with van der Waals surface area (Å²) in [5, 5.41) is 10.7. The Kier molecular flexibility index (Phi) is 8.36. The Labute approximate surface area is 244 Å². The van der Waals surface area contributed by atoms with Crippen molar-refractivity contribution < 1.29 is 9.90 Å². The molecule has 0 spiro atoms. The van der Waals surface area contributed by atoms with E-state index in [9.17, 15) is 9.90 Å². The number of carbonyl (C=O) groups excluding carboxylic acids is 1. The van der Waals surface area contributed by atoms with E-state index in [0.29, 0.717) is 19.0 Å². The predicted molar refractivity (Wildman–Crippen MR) is 166 cm³/mol. The number of nitrogens with zero attached hydrogens (tertiary/aromatic N) is 2. The van der Waals surface area contributed by atoms with Crippen LogP contribution < -0.4 is 5.73 Å². The largest absolute Gasteiger partial charge is 0.507 e. The van der Waals surface area contributed by atoms with Crippen LogP contribution in [0.5, 0.6) is 5.75 Å². The fraction of sp³-hybridized carbons (Fsp3) is 0.235. The van der Waals surface area contributed by atoms with Gasteiger partial charge in [0.2, 0.25) is 0 Å². The molecule has 204 valence electrons. The van der Waals surface area contributed by atoms with Gasteiger partial charge >= 0.3 is 0 Å². The summed E-state index contributed by atoms with van der Waals surface area (Å²) in [6, 6.07) is 17.2. The molecule has 1 aliphatic heterocycles. The number of benzene rings is 2. The lowest BCUT2D eigenvalue weighted by molar-refractivity contribution is -0.128. The summed E-state index contributed by atoms with van der Waals surface area (Å²) in [5.74, 6) is 0.562. The number of amides is 1. The van der Waals surface area contributed by atoms with Crippen molar-refractivity contribution in [3.8, 4) is 5.75 Å². The van der Waals surface area contributed by atoms with Gasteiger partial charge in [0.15, 0.2) is 0 Å². The Hall–Kier alpha value is -3.90. The molecule has 1 aliphatic carbocycles. The van der Waals surface area contributed by atoms with Crippen LogP contribution in [0.3, 0.4) is 0 Å².